The minimum atomic E-state index is -0.304. The summed E-state index contributed by atoms with van der Waals surface area (Å²) >= 11 is 0. The maximum Gasteiger partial charge on any atom is 0.253 e. The molecule has 0 aromatic heterocycles. The van der Waals surface area contributed by atoms with Crippen LogP contribution in [0.3, 0.4) is 0 Å². The number of nitrogens with zero attached hydrogens (tertiary/aromatic N) is 1. The first-order valence-corrected chi connectivity index (χ1v) is 15.0. The van der Waals surface area contributed by atoms with Crippen LogP contribution in [-0.2, 0) is 57.0 Å². The fourth-order valence-corrected chi connectivity index (χ4v) is 3.19. The largest absolute Gasteiger partial charge is 0.379 e. The van der Waals surface area contributed by atoms with E-state index in [1.165, 1.54) is 12.2 Å². The molecule has 1 rings (SSSR count). The maximum atomic E-state index is 11.4. The first kappa shape index (κ1) is 38.5. The molecule has 2 amide bonds. The van der Waals surface area contributed by atoms with Crippen LogP contribution in [-0.4, -0.2) is 155 Å². The lowest BCUT2D eigenvalue weighted by Gasteiger charge is -2.13. The molecule has 1 atom stereocenters. The molecule has 0 bridgehead atoms. The molecule has 1 aliphatic heterocycles. The topological polar surface area (TPSA) is 130 Å². The van der Waals surface area contributed by atoms with Crippen molar-refractivity contribution in [2.45, 2.75) is 20.3 Å². The van der Waals surface area contributed by atoms with Crippen molar-refractivity contribution in [2.75, 3.05) is 139 Å². The molecule has 0 saturated heterocycles. The van der Waals surface area contributed by atoms with E-state index in [0.717, 1.165) is 17.9 Å². The Labute approximate surface area is 250 Å². The molecule has 0 aliphatic carbocycles. The molecule has 0 radical (unpaired) electrons. The molecule has 13 nitrogen and oxygen atoms in total. The summed E-state index contributed by atoms with van der Waals surface area (Å²) in [5, 5.41) is 0. The van der Waals surface area contributed by atoms with Crippen molar-refractivity contribution < 1.29 is 57.0 Å². The predicted molar refractivity (Wildman–Crippen MR) is 154 cm³/mol. The lowest BCUT2D eigenvalue weighted by atomic mass is 10.1. The summed E-state index contributed by atoms with van der Waals surface area (Å²) in [6.45, 7) is 14.7. The van der Waals surface area contributed by atoms with Crippen LogP contribution in [0, 0.1) is 5.92 Å². The van der Waals surface area contributed by atoms with Gasteiger partial charge >= 0.3 is 0 Å². The number of amides is 2. The third-order valence-corrected chi connectivity index (χ3v) is 5.81. The van der Waals surface area contributed by atoms with Gasteiger partial charge in [0.1, 0.15) is 0 Å². The molecular weight excluding hydrogens is 554 g/mol. The molecule has 42 heavy (non-hydrogen) atoms. The zero-order valence-electron chi connectivity index (χ0n) is 25.6. The lowest BCUT2D eigenvalue weighted by molar-refractivity contribution is -0.137. The third-order valence-electron chi connectivity index (χ3n) is 5.81. The van der Waals surface area contributed by atoms with Crippen LogP contribution in [0.2, 0.25) is 0 Å². The third kappa shape index (κ3) is 24.0. The van der Waals surface area contributed by atoms with Crippen molar-refractivity contribution in [1.82, 2.24) is 4.90 Å². The standard InChI is InChI=1S/C29H53NO12/c1-3-27(2)26-42-25-24-41-23-22-40-21-20-39-19-18-38-17-16-37-15-14-36-13-12-35-11-10-34-9-8-33-7-6-30-28(31)4-5-29(30)32/h4-5,27H,3,6-26H2,1-2H3. The maximum absolute atomic E-state index is 11.4. The van der Waals surface area contributed by atoms with Gasteiger partial charge < -0.3 is 47.4 Å². The average Bonchev–Trinajstić information content (AvgIpc) is 3.32. The highest BCUT2D eigenvalue weighted by atomic mass is 16.6. The number of rotatable bonds is 33. The van der Waals surface area contributed by atoms with Gasteiger partial charge in [-0.05, 0) is 5.92 Å². The highest BCUT2D eigenvalue weighted by Crippen LogP contribution is 2.02. The molecular formula is C29H53NO12. The molecule has 0 spiro atoms. The highest BCUT2D eigenvalue weighted by molar-refractivity contribution is 6.12. The second-order valence-corrected chi connectivity index (χ2v) is 9.26. The molecule has 246 valence electrons. The van der Waals surface area contributed by atoms with E-state index < -0.39 is 0 Å². The number of hydrogen-bond donors (Lipinski definition) is 0. The van der Waals surface area contributed by atoms with E-state index in [9.17, 15) is 9.59 Å². The van der Waals surface area contributed by atoms with Crippen LogP contribution in [0.15, 0.2) is 12.2 Å². The van der Waals surface area contributed by atoms with Gasteiger partial charge in [-0.3, -0.25) is 14.5 Å². The zero-order chi connectivity index (χ0) is 30.4. The molecule has 0 saturated carbocycles. The van der Waals surface area contributed by atoms with Gasteiger partial charge in [0, 0.05) is 18.8 Å². The van der Waals surface area contributed by atoms with Crippen molar-refractivity contribution >= 4 is 11.8 Å². The second-order valence-electron chi connectivity index (χ2n) is 9.26. The van der Waals surface area contributed by atoms with E-state index >= 15 is 0 Å². The van der Waals surface area contributed by atoms with Gasteiger partial charge in [0.25, 0.3) is 11.8 Å². The SMILES string of the molecule is CCC(C)COCCOCCOCCOCCOCCOCCOCCOCCOCCOCCN1C(=O)C=CC1=O. The minimum absolute atomic E-state index is 0.243. The summed E-state index contributed by atoms with van der Waals surface area (Å²) in [5.74, 6) is -0.0152. The van der Waals surface area contributed by atoms with Crippen molar-refractivity contribution in [3.8, 4) is 0 Å². The number of ether oxygens (including phenoxy) is 10. The molecule has 0 fully saturated rings. The van der Waals surface area contributed by atoms with Crippen LogP contribution in [0.5, 0.6) is 0 Å². The number of carbonyl (C=O) groups excluding carboxylic acids is 2. The summed E-state index contributed by atoms with van der Waals surface area (Å²) in [7, 11) is 0. The van der Waals surface area contributed by atoms with Crippen molar-refractivity contribution in [2.24, 2.45) is 5.92 Å². The minimum Gasteiger partial charge on any atom is -0.379 e. The summed E-state index contributed by atoms with van der Waals surface area (Å²) < 4.78 is 54.5. The molecule has 1 heterocycles. The Bertz CT molecular complexity index is 649. The Hall–Kier alpha value is -1.52. The summed E-state index contributed by atoms with van der Waals surface area (Å²) in [4.78, 5) is 23.9. The quantitative estimate of drug-likeness (QED) is 0.0783. The summed E-state index contributed by atoms with van der Waals surface area (Å²) in [6, 6.07) is 0. The fraction of sp³-hybridized carbons (Fsp3) is 0.862. The van der Waals surface area contributed by atoms with Crippen molar-refractivity contribution in [3.63, 3.8) is 0 Å². The molecule has 0 N–H and O–H groups in total. The van der Waals surface area contributed by atoms with Crippen LogP contribution >= 0.6 is 0 Å². The van der Waals surface area contributed by atoms with E-state index in [1.807, 2.05) is 0 Å². The molecule has 0 aromatic rings. The van der Waals surface area contributed by atoms with Crippen molar-refractivity contribution in [3.05, 3.63) is 12.2 Å². The van der Waals surface area contributed by atoms with E-state index in [-0.39, 0.29) is 25.0 Å². The summed E-state index contributed by atoms with van der Waals surface area (Å²) in [5.41, 5.74) is 0. The smallest absolute Gasteiger partial charge is 0.253 e. The van der Waals surface area contributed by atoms with Crippen LogP contribution in [0.25, 0.3) is 0 Å². The Kier molecular flexibility index (Phi) is 27.1. The second kappa shape index (κ2) is 29.5. The van der Waals surface area contributed by atoms with E-state index in [4.69, 9.17) is 47.4 Å². The Morgan fingerprint density at radius 2 is 0.738 bits per heavy atom. The van der Waals surface area contributed by atoms with Crippen LogP contribution < -0.4 is 0 Å². The fourth-order valence-electron chi connectivity index (χ4n) is 3.19. The molecule has 1 unspecified atom stereocenters. The van der Waals surface area contributed by atoms with Crippen molar-refractivity contribution in [1.29, 1.82) is 0 Å². The number of imide groups is 1. The van der Waals surface area contributed by atoms with E-state index in [2.05, 4.69) is 13.8 Å². The van der Waals surface area contributed by atoms with Gasteiger partial charge in [0.05, 0.1) is 132 Å². The average molecular weight is 608 g/mol. The Morgan fingerprint density at radius 3 is 1.02 bits per heavy atom. The normalized spacial score (nSPS) is 14.0. The monoisotopic (exact) mass is 607 g/mol. The molecule has 13 heteroatoms. The first-order chi connectivity index (χ1) is 20.6. The van der Waals surface area contributed by atoms with E-state index in [1.54, 1.807) is 0 Å². The summed E-state index contributed by atoms with van der Waals surface area (Å²) in [6.07, 6.45) is 3.64. The zero-order valence-corrected chi connectivity index (χ0v) is 25.6. The van der Waals surface area contributed by atoms with Gasteiger partial charge in [0.15, 0.2) is 0 Å². The molecule has 0 aromatic carbocycles. The van der Waals surface area contributed by atoms with Crippen LogP contribution in [0.4, 0.5) is 0 Å². The van der Waals surface area contributed by atoms with Gasteiger partial charge in [-0.15, -0.1) is 0 Å². The first-order valence-electron chi connectivity index (χ1n) is 15.0. The van der Waals surface area contributed by atoms with Gasteiger partial charge in [-0.1, -0.05) is 20.3 Å². The number of hydrogen-bond acceptors (Lipinski definition) is 12. The predicted octanol–water partition coefficient (Wildman–Crippen LogP) is 1.12. The van der Waals surface area contributed by atoms with Gasteiger partial charge in [0.2, 0.25) is 0 Å². The van der Waals surface area contributed by atoms with Gasteiger partial charge in [-0.2, -0.15) is 0 Å². The molecule has 1 aliphatic rings. The van der Waals surface area contributed by atoms with Gasteiger partial charge in [-0.25, -0.2) is 0 Å². The van der Waals surface area contributed by atoms with E-state index in [0.29, 0.717) is 125 Å². The Morgan fingerprint density at radius 1 is 0.476 bits per heavy atom. The highest BCUT2D eigenvalue weighted by Gasteiger charge is 2.22. The van der Waals surface area contributed by atoms with Crippen LogP contribution in [0.1, 0.15) is 20.3 Å². The number of carbonyl (C=O) groups is 2. The lowest BCUT2D eigenvalue weighted by Crippen LogP contribution is -2.33. The Balaban J connectivity index is 1.64.